The Morgan fingerprint density at radius 3 is 2.04 bits per heavy atom. The smallest absolute Gasteiger partial charge is 0.338 e. The normalized spacial score (nSPS) is 29.6. The second-order valence-electron chi connectivity index (χ2n) is 21.6. The number of fused-ring (bicyclic) bond motifs is 5. The van der Waals surface area contributed by atoms with Gasteiger partial charge in [-0.25, -0.2) is 9.59 Å². The number of unbranched alkanes of at least 4 members (excludes halogenated alkanes) is 3. The van der Waals surface area contributed by atoms with Crippen molar-refractivity contribution in [3.05, 3.63) is 119 Å². The number of benzene rings is 3. The molecule has 0 radical (unpaired) electrons. The van der Waals surface area contributed by atoms with Crippen molar-refractivity contribution >= 4 is 53.1 Å². The number of carbonyl (C=O) groups excluding carboxylic acids is 5. The number of amides is 1. The summed E-state index contributed by atoms with van der Waals surface area (Å²) in [4.78, 5) is 72.8. The highest BCUT2D eigenvalue weighted by molar-refractivity contribution is 7.99. The number of ether oxygens (including phenoxy) is 5. The average molecular weight is 1060 g/mol. The molecule has 74 heavy (non-hydrogen) atoms. The summed E-state index contributed by atoms with van der Waals surface area (Å²) < 4.78 is 32.3. The van der Waals surface area contributed by atoms with Crippen molar-refractivity contribution in [1.29, 1.82) is 0 Å². The number of rotatable bonds is 22. The van der Waals surface area contributed by atoms with Crippen molar-refractivity contribution in [3.63, 3.8) is 0 Å². The zero-order chi connectivity index (χ0) is 53.6. The molecule has 13 atom stereocenters. The third-order valence-electron chi connectivity index (χ3n) is 16.7. The van der Waals surface area contributed by atoms with E-state index in [4.69, 9.17) is 23.7 Å². The van der Waals surface area contributed by atoms with Gasteiger partial charge in [-0.2, -0.15) is 23.5 Å². The number of carbonyl (C=O) groups is 5. The van der Waals surface area contributed by atoms with Crippen LogP contribution in [0.1, 0.15) is 139 Å². The number of esters is 3. The first-order chi connectivity index (χ1) is 35.2. The molecule has 2 bridgehead atoms. The second kappa shape index (κ2) is 24.2. The third-order valence-corrected chi connectivity index (χ3v) is 18.5. The molecule has 0 aromatic heterocycles. The van der Waals surface area contributed by atoms with E-state index < -0.39 is 106 Å². The van der Waals surface area contributed by atoms with Gasteiger partial charge in [-0.15, -0.1) is 0 Å². The summed E-state index contributed by atoms with van der Waals surface area (Å²) in [6.45, 7) is 11.6. The number of ketones is 1. The zero-order valence-corrected chi connectivity index (χ0v) is 46.1. The van der Waals surface area contributed by atoms with Gasteiger partial charge < -0.3 is 39.2 Å². The van der Waals surface area contributed by atoms with E-state index in [1.165, 1.54) is 13.3 Å². The standard InChI is InChI=1S/C59H77NO12S2/c1-36(23-15-10-11-22-30-43(74-9)31-32-73-8)69-49(48(40-24-16-12-17-25-40)60-53(64)41-26-18-13-19-27-41)55(66)70-44-34-59(67)52(71-54(65)42-28-20-14-21-29-42)50-57(7,51(63)38(3)47(37(44)2)56(59,5)6)45(62)33-46-58(50,35-68-46)72-39(4)61/h12-14,16-21,24-29,36,38,43-46,48-50,52,62,67H,10-11,15,22-23,30-35H2,1-9H3,(H,60,64)/t36?,38-,43?,44+,45+,46-,48+,49-,50+,52+,57-,58+,59-/m1/s1. The van der Waals surface area contributed by atoms with Crippen LogP contribution in [0.25, 0.3) is 0 Å². The topological polar surface area (TPSA) is 184 Å². The Morgan fingerprint density at radius 2 is 1.46 bits per heavy atom. The average Bonchev–Trinajstić information content (AvgIpc) is 3.39. The molecular formula is C59H77NO12S2. The molecule has 3 aromatic carbocycles. The van der Waals surface area contributed by atoms with Crippen LogP contribution < -0.4 is 5.32 Å². The molecule has 3 N–H and O–H groups in total. The minimum Gasteiger partial charge on any atom is -0.456 e. The molecule has 15 heteroatoms. The Hall–Kier alpha value is -4.51. The zero-order valence-electron chi connectivity index (χ0n) is 44.5. The molecule has 1 amide bonds. The number of aliphatic hydroxyl groups excluding tert-OH is 1. The SMILES string of the molecule is CSCCC(CCCCCCC(C)O[C@@H](C(=O)O[C@H]1C[C@@]2(O)[C@@H](OC(=O)c3ccccc3)[C@@H]3[C@]4(OC(C)=O)CO[C@@H]4C[C@H](O)[C@@]3(C)C(=O)[C@H](C)C(=C1C)C2(C)C)[C@@H](NC(=O)c1ccccc1)c1ccccc1)SC. The van der Waals surface area contributed by atoms with Crippen LogP contribution in [0.5, 0.6) is 0 Å². The van der Waals surface area contributed by atoms with Crippen molar-refractivity contribution in [2.75, 3.05) is 24.9 Å². The highest BCUT2D eigenvalue weighted by atomic mass is 32.2. The quantitative estimate of drug-likeness (QED) is 0.0374. The van der Waals surface area contributed by atoms with Gasteiger partial charge in [0.25, 0.3) is 5.91 Å². The van der Waals surface area contributed by atoms with Gasteiger partial charge >= 0.3 is 17.9 Å². The first-order valence-electron chi connectivity index (χ1n) is 26.3. The lowest BCUT2D eigenvalue weighted by molar-refractivity contribution is -0.345. The summed E-state index contributed by atoms with van der Waals surface area (Å²) in [6.07, 6.45) is 3.92. The predicted molar refractivity (Wildman–Crippen MR) is 288 cm³/mol. The van der Waals surface area contributed by atoms with Crippen LogP contribution in [0.2, 0.25) is 0 Å². The first-order valence-corrected chi connectivity index (χ1v) is 28.9. The molecule has 4 aliphatic rings. The van der Waals surface area contributed by atoms with Gasteiger partial charge in [-0.3, -0.25) is 14.4 Å². The summed E-state index contributed by atoms with van der Waals surface area (Å²) in [5, 5.41) is 29.9. The van der Waals surface area contributed by atoms with Crippen molar-refractivity contribution in [2.45, 2.75) is 165 Å². The Kier molecular flexibility index (Phi) is 18.7. The number of hydrogen-bond donors (Lipinski definition) is 3. The van der Waals surface area contributed by atoms with Crippen LogP contribution in [0.4, 0.5) is 0 Å². The van der Waals surface area contributed by atoms with Crippen LogP contribution >= 0.6 is 23.5 Å². The lowest BCUT2D eigenvalue weighted by Gasteiger charge is -2.67. The van der Waals surface area contributed by atoms with Crippen molar-refractivity contribution in [3.8, 4) is 0 Å². The van der Waals surface area contributed by atoms with E-state index in [-0.39, 0.29) is 25.0 Å². The van der Waals surface area contributed by atoms with E-state index in [0.717, 1.165) is 37.9 Å². The Labute approximate surface area is 446 Å². The molecule has 402 valence electrons. The van der Waals surface area contributed by atoms with Gasteiger partial charge in [0, 0.05) is 41.9 Å². The lowest BCUT2D eigenvalue weighted by Crippen LogP contribution is -2.81. The van der Waals surface area contributed by atoms with Crippen molar-refractivity contribution in [2.24, 2.45) is 22.7 Å². The fraction of sp³-hybridized carbons (Fsp3) is 0.576. The summed E-state index contributed by atoms with van der Waals surface area (Å²) in [5.74, 6) is -4.37. The monoisotopic (exact) mass is 1060 g/mol. The summed E-state index contributed by atoms with van der Waals surface area (Å²) in [5.41, 5.74) is -4.82. The lowest BCUT2D eigenvalue weighted by atomic mass is 9.43. The number of hydrogen-bond acceptors (Lipinski definition) is 14. The minimum absolute atomic E-state index is 0.0571. The molecule has 3 aliphatic carbocycles. The molecule has 1 aliphatic heterocycles. The molecule has 3 aromatic rings. The van der Waals surface area contributed by atoms with Gasteiger partial charge in [-0.05, 0) is 99.3 Å². The number of nitrogens with one attached hydrogen (secondary N) is 1. The molecule has 2 unspecified atom stereocenters. The highest BCUT2D eigenvalue weighted by Gasteiger charge is 2.77. The van der Waals surface area contributed by atoms with Gasteiger partial charge in [0.2, 0.25) is 0 Å². The molecule has 2 saturated carbocycles. The van der Waals surface area contributed by atoms with Gasteiger partial charge in [-0.1, -0.05) is 113 Å². The van der Waals surface area contributed by atoms with Gasteiger partial charge in [0.15, 0.2) is 11.7 Å². The third kappa shape index (κ3) is 11.4. The molecule has 3 fully saturated rings. The molecule has 0 spiro atoms. The largest absolute Gasteiger partial charge is 0.456 e. The second-order valence-corrected chi connectivity index (χ2v) is 23.8. The highest BCUT2D eigenvalue weighted by Crippen LogP contribution is 2.65. The fourth-order valence-corrected chi connectivity index (χ4v) is 14.1. The van der Waals surface area contributed by atoms with Crippen molar-refractivity contribution in [1.82, 2.24) is 5.32 Å². The summed E-state index contributed by atoms with van der Waals surface area (Å²) >= 11 is 3.81. The fourth-order valence-electron chi connectivity index (χ4n) is 12.7. The maximum atomic E-state index is 15.6. The maximum Gasteiger partial charge on any atom is 0.338 e. The van der Waals surface area contributed by atoms with Crippen LogP contribution in [-0.4, -0.2) is 118 Å². The van der Waals surface area contributed by atoms with E-state index >= 15 is 9.59 Å². The van der Waals surface area contributed by atoms with E-state index in [1.807, 2.05) is 66.8 Å². The Bertz CT molecular complexity index is 2470. The maximum absolute atomic E-state index is 15.6. The van der Waals surface area contributed by atoms with Crippen LogP contribution in [0.15, 0.2) is 102 Å². The van der Waals surface area contributed by atoms with Crippen molar-refractivity contribution < 1.29 is 57.9 Å². The molecule has 7 rings (SSSR count). The van der Waals surface area contributed by atoms with E-state index in [1.54, 1.807) is 89.2 Å². The first kappa shape index (κ1) is 57.2. The predicted octanol–water partition coefficient (Wildman–Crippen LogP) is 9.68. The summed E-state index contributed by atoms with van der Waals surface area (Å²) in [7, 11) is 0. The summed E-state index contributed by atoms with van der Waals surface area (Å²) in [6, 6.07) is 25.0. The van der Waals surface area contributed by atoms with E-state index in [0.29, 0.717) is 33.9 Å². The number of Topliss-reactive ketones (excluding diaryl/α,β-unsaturated/α-hetero) is 1. The Balaban J connectivity index is 1.28. The minimum atomic E-state index is -2.17. The van der Waals surface area contributed by atoms with E-state index in [9.17, 15) is 24.6 Å². The molecule has 13 nitrogen and oxygen atoms in total. The van der Waals surface area contributed by atoms with Gasteiger partial charge in [0.05, 0.1) is 41.8 Å². The molecule has 1 heterocycles. The number of aliphatic hydroxyl groups is 2. The molecular weight excluding hydrogens is 979 g/mol. The molecule has 1 saturated heterocycles. The number of thioether (sulfide) groups is 2. The van der Waals surface area contributed by atoms with E-state index in [2.05, 4.69) is 17.8 Å². The van der Waals surface area contributed by atoms with Crippen LogP contribution in [-0.2, 0) is 38.1 Å². The Morgan fingerprint density at radius 1 is 0.851 bits per heavy atom. The van der Waals surface area contributed by atoms with Crippen LogP contribution in [0, 0.1) is 22.7 Å². The van der Waals surface area contributed by atoms with Gasteiger partial charge in [0.1, 0.15) is 29.7 Å². The van der Waals surface area contributed by atoms with Crippen LogP contribution in [0.3, 0.4) is 0 Å².